The van der Waals surface area contributed by atoms with Gasteiger partial charge in [0.1, 0.15) is 17.3 Å². The third-order valence-corrected chi connectivity index (χ3v) is 5.62. The van der Waals surface area contributed by atoms with Crippen molar-refractivity contribution < 1.29 is 18.7 Å². The minimum Gasteiger partial charge on any atom is -0.497 e. The molecule has 164 valence electrons. The molecule has 1 heterocycles. The van der Waals surface area contributed by atoms with Crippen LogP contribution in [0.1, 0.15) is 23.6 Å². The van der Waals surface area contributed by atoms with Gasteiger partial charge in [0.05, 0.1) is 13.2 Å². The lowest BCUT2D eigenvalue weighted by atomic mass is 9.91. The SMILES string of the molecule is COc1ccc(C2C=C(c3cc(Cl)ccc3N)CCN2C(=O)Oc2ccc(F)cc2)cc1. The van der Waals surface area contributed by atoms with Crippen LogP contribution < -0.4 is 15.2 Å². The van der Waals surface area contributed by atoms with Gasteiger partial charge in [0.15, 0.2) is 0 Å². The van der Waals surface area contributed by atoms with Crippen LogP contribution in [0.5, 0.6) is 11.5 Å². The summed E-state index contributed by atoms with van der Waals surface area (Å²) in [6.45, 7) is 0.411. The highest BCUT2D eigenvalue weighted by atomic mass is 35.5. The van der Waals surface area contributed by atoms with Gasteiger partial charge in [-0.05, 0) is 72.2 Å². The average molecular weight is 453 g/mol. The minimum atomic E-state index is -0.521. The molecule has 0 radical (unpaired) electrons. The number of nitrogens with zero attached hydrogens (tertiary/aromatic N) is 1. The predicted octanol–water partition coefficient (Wildman–Crippen LogP) is 6.10. The van der Waals surface area contributed by atoms with E-state index in [1.54, 1.807) is 24.1 Å². The molecule has 0 bridgehead atoms. The summed E-state index contributed by atoms with van der Waals surface area (Å²) < 4.78 is 24.0. The number of carbonyl (C=O) groups excluding carboxylic acids is 1. The Labute approximate surface area is 190 Å². The highest BCUT2D eigenvalue weighted by molar-refractivity contribution is 6.30. The van der Waals surface area contributed by atoms with Gasteiger partial charge in [0.25, 0.3) is 0 Å². The molecule has 2 N–H and O–H groups in total. The van der Waals surface area contributed by atoms with Crippen molar-refractivity contribution in [1.29, 1.82) is 0 Å². The molecular weight excluding hydrogens is 431 g/mol. The summed E-state index contributed by atoms with van der Waals surface area (Å²) in [5.74, 6) is 0.595. The Balaban J connectivity index is 1.69. The first kappa shape index (κ1) is 21.7. The quantitative estimate of drug-likeness (QED) is 0.486. The largest absolute Gasteiger partial charge is 0.497 e. The van der Waals surface area contributed by atoms with E-state index in [9.17, 15) is 9.18 Å². The van der Waals surface area contributed by atoms with Crippen LogP contribution >= 0.6 is 11.6 Å². The van der Waals surface area contributed by atoms with E-state index in [1.807, 2.05) is 36.4 Å². The number of halogens is 2. The molecule has 1 aliphatic rings. The number of hydrogen-bond donors (Lipinski definition) is 1. The Hall–Kier alpha value is -3.51. The molecule has 32 heavy (non-hydrogen) atoms. The third-order valence-electron chi connectivity index (χ3n) is 5.39. The fourth-order valence-electron chi connectivity index (χ4n) is 3.72. The molecule has 0 aromatic heterocycles. The Morgan fingerprint density at radius 1 is 1.06 bits per heavy atom. The van der Waals surface area contributed by atoms with Crippen molar-refractivity contribution >= 4 is 29.0 Å². The molecule has 0 aliphatic carbocycles. The van der Waals surface area contributed by atoms with Crippen LogP contribution in [0.2, 0.25) is 5.02 Å². The van der Waals surface area contributed by atoms with Crippen LogP contribution in [0.4, 0.5) is 14.9 Å². The molecule has 0 saturated carbocycles. The number of anilines is 1. The van der Waals surface area contributed by atoms with Gasteiger partial charge in [0, 0.05) is 22.8 Å². The lowest BCUT2D eigenvalue weighted by Crippen LogP contribution is -2.39. The Kier molecular flexibility index (Phi) is 6.32. The van der Waals surface area contributed by atoms with Crippen molar-refractivity contribution in [2.75, 3.05) is 19.4 Å². The fraction of sp³-hybridized carbons (Fsp3) is 0.160. The van der Waals surface area contributed by atoms with E-state index >= 15 is 0 Å². The molecule has 3 aromatic rings. The number of carbonyl (C=O) groups is 1. The van der Waals surface area contributed by atoms with Crippen molar-refractivity contribution in [1.82, 2.24) is 4.90 Å². The van der Waals surface area contributed by atoms with E-state index in [4.69, 9.17) is 26.8 Å². The Morgan fingerprint density at radius 3 is 2.44 bits per heavy atom. The van der Waals surface area contributed by atoms with E-state index in [2.05, 4.69) is 0 Å². The number of nitrogen functional groups attached to an aromatic ring is 1. The normalized spacial score (nSPS) is 15.8. The van der Waals surface area contributed by atoms with E-state index < -0.39 is 18.0 Å². The maximum Gasteiger partial charge on any atom is 0.416 e. The van der Waals surface area contributed by atoms with Gasteiger partial charge < -0.3 is 15.2 Å². The second-order valence-electron chi connectivity index (χ2n) is 7.41. The van der Waals surface area contributed by atoms with Gasteiger partial charge in [-0.3, -0.25) is 4.90 Å². The summed E-state index contributed by atoms with van der Waals surface area (Å²) in [6.07, 6.45) is 2.06. The van der Waals surface area contributed by atoms with E-state index in [0.29, 0.717) is 29.4 Å². The van der Waals surface area contributed by atoms with Gasteiger partial charge in [-0.2, -0.15) is 0 Å². The van der Waals surface area contributed by atoms with Crippen molar-refractivity contribution in [2.24, 2.45) is 0 Å². The van der Waals surface area contributed by atoms with E-state index in [1.165, 1.54) is 24.3 Å². The van der Waals surface area contributed by atoms with Gasteiger partial charge in [-0.1, -0.05) is 29.8 Å². The molecule has 3 aromatic carbocycles. The first-order chi connectivity index (χ1) is 15.4. The van der Waals surface area contributed by atoms with Crippen molar-refractivity contribution in [2.45, 2.75) is 12.5 Å². The molecular formula is C25H22ClFN2O3. The average Bonchev–Trinajstić information content (AvgIpc) is 2.82. The lowest BCUT2D eigenvalue weighted by molar-refractivity contribution is 0.140. The molecule has 5 nitrogen and oxygen atoms in total. The zero-order valence-corrected chi connectivity index (χ0v) is 18.2. The van der Waals surface area contributed by atoms with E-state index in [-0.39, 0.29) is 5.75 Å². The summed E-state index contributed by atoms with van der Waals surface area (Å²) in [4.78, 5) is 14.7. The first-order valence-electron chi connectivity index (χ1n) is 10.1. The Bertz CT molecular complexity index is 1150. The molecule has 0 fully saturated rings. The zero-order chi connectivity index (χ0) is 22.7. The molecule has 0 spiro atoms. The number of nitrogens with two attached hydrogens (primary N) is 1. The lowest BCUT2D eigenvalue weighted by Gasteiger charge is -2.34. The maximum atomic E-state index is 13.2. The number of benzene rings is 3. The van der Waals surface area contributed by atoms with Crippen LogP contribution in [-0.4, -0.2) is 24.6 Å². The number of methoxy groups -OCH3 is 1. The summed E-state index contributed by atoms with van der Waals surface area (Å²) in [6, 6.07) is 17.8. The molecule has 7 heteroatoms. The smallest absolute Gasteiger partial charge is 0.416 e. The third kappa shape index (κ3) is 4.70. The Morgan fingerprint density at radius 2 is 1.75 bits per heavy atom. The predicted molar refractivity (Wildman–Crippen MR) is 123 cm³/mol. The fourth-order valence-corrected chi connectivity index (χ4v) is 3.89. The molecule has 4 rings (SSSR count). The van der Waals surface area contributed by atoms with Crippen molar-refractivity contribution in [3.8, 4) is 11.5 Å². The summed E-state index contributed by atoms with van der Waals surface area (Å²) in [5, 5.41) is 0.592. The second kappa shape index (κ2) is 9.32. The van der Waals surface area contributed by atoms with Crippen LogP contribution in [0.25, 0.3) is 5.57 Å². The summed E-state index contributed by atoms with van der Waals surface area (Å²) in [5.41, 5.74) is 9.56. The molecule has 1 amide bonds. The van der Waals surface area contributed by atoms with Crippen LogP contribution in [0.3, 0.4) is 0 Å². The monoisotopic (exact) mass is 452 g/mol. The molecule has 1 unspecified atom stereocenters. The van der Waals surface area contributed by atoms with Crippen molar-refractivity contribution in [3.63, 3.8) is 0 Å². The summed E-state index contributed by atoms with van der Waals surface area (Å²) >= 11 is 6.20. The minimum absolute atomic E-state index is 0.277. The van der Waals surface area contributed by atoms with Gasteiger partial charge >= 0.3 is 6.09 Å². The number of ether oxygens (including phenoxy) is 2. The second-order valence-corrected chi connectivity index (χ2v) is 7.84. The van der Waals surface area contributed by atoms with Crippen LogP contribution in [0, 0.1) is 5.82 Å². The van der Waals surface area contributed by atoms with Gasteiger partial charge in [0.2, 0.25) is 0 Å². The number of hydrogen-bond acceptors (Lipinski definition) is 4. The van der Waals surface area contributed by atoms with E-state index in [0.717, 1.165) is 16.7 Å². The molecule has 1 aliphatic heterocycles. The van der Waals surface area contributed by atoms with Crippen molar-refractivity contribution in [3.05, 3.63) is 94.8 Å². The maximum absolute atomic E-state index is 13.2. The van der Waals surface area contributed by atoms with Crippen LogP contribution in [0.15, 0.2) is 72.8 Å². The standard InChI is InChI=1S/C25H22ClFN2O3/c1-31-20-7-2-16(3-8-20)24-14-17(22-15-18(26)4-11-23(22)28)12-13-29(24)25(30)32-21-9-5-19(27)6-10-21/h2-11,14-15,24H,12-13,28H2,1H3. The summed E-state index contributed by atoms with van der Waals surface area (Å²) in [7, 11) is 1.60. The zero-order valence-electron chi connectivity index (χ0n) is 17.4. The highest BCUT2D eigenvalue weighted by Crippen LogP contribution is 2.37. The molecule has 1 atom stereocenters. The topological polar surface area (TPSA) is 64.8 Å². The number of amides is 1. The van der Waals surface area contributed by atoms with Gasteiger partial charge in [-0.25, -0.2) is 9.18 Å². The first-order valence-corrected chi connectivity index (χ1v) is 10.5. The highest BCUT2D eigenvalue weighted by Gasteiger charge is 2.30. The molecule has 0 saturated heterocycles. The van der Waals surface area contributed by atoms with Crippen LogP contribution in [-0.2, 0) is 0 Å². The number of rotatable bonds is 4. The van der Waals surface area contributed by atoms with Gasteiger partial charge in [-0.15, -0.1) is 0 Å².